The number of benzene rings is 1. The number of nitrogens with one attached hydrogen (secondary N) is 1. The van der Waals surface area contributed by atoms with Gasteiger partial charge in [-0.3, -0.25) is 4.79 Å². The SMILES string of the molecule is C[C@H]1CCN(c2ncnc(N)c2F)C[C@@H]1N1CCC[C@H](Nc2cc(F)cc(Cl)c2)C1=O. The van der Waals surface area contributed by atoms with Crippen molar-refractivity contribution in [2.75, 3.05) is 35.6 Å². The number of aromatic nitrogens is 2. The van der Waals surface area contributed by atoms with Gasteiger partial charge in [0.25, 0.3) is 0 Å². The second kappa shape index (κ2) is 8.82. The first kappa shape index (κ1) is 21.5. The molecule has 0 saturated carbocycles. The van der Waals surface area contributed by atoms with Gasteiger partial charge in [0.1, 0.15) is 18.2 Å². The zero-order chi connectivity index (χ0) is 22.1. The van der Waals surface area contributed by atoms with Gasteiger partial charge >= 0.3 is 0 Å². The van der Waals surface area contributed by atoms with Crippen molar-refractivity contribution in [1.82, 2.24) is 14.9 Å². The van der Waals surface area contributed by atoms with E-state index in [1.54, 1.807) is 6.07 Å². The number of piperidine rings is 2. The summed E-state index contributed by atoms with van der Waals surface area (Å²) in [5.74, 6) is -0.927. The van der Waals surface area contributed by atoms with Crippen molar-refractivity contribution in [2.24, 2.45) is 5.92 Å². The molecule has 1 amide bonds. The molecular formula is C21H25ClF2N6O. The maximum atomic E-state index is 14.5. The highest BCUT2D eigenvalue weighted by Gasteiger charge is 2.39. The summed E-state index contributed by atoms with van der Waals surface area (Å²) in [6.07, 6.45) is 3.49. The Balaban J connectivity index is 1.51. The van der Waals surface area contributed by atoms with Crippen LogP contribution >= 0.6 is 11.6 Å². The van der Waals surface area contributed by atoms with Crippen molar-refractivity contribution in [3.63, 3.8) is 0 Å². The first-order valence-corrected chi connectivity index (χ1v) is 10.8. The number of halogens is 3. The predicted octanol–water partition coefficient (Wildman–Crippen LogP) is 3.31. The van der Waals surface area contributed by atoms with Crippen LogP contribution in [0.4, 0.5) is 26.1 Å². The molecule has 3 atom stereocenters. The van der Waals surface area contributed by atoms with Crippen LogP contribution in [0.2, 0.25) is 5.02 Å². The number of hydrogen-bond acceptors (Lipinski definition) is 6. The van der Waals surface area contributed by atoms with Crippen molar-refractivity contribution >= 4 is 34.8 Å². The summed E-state index contributed by atoms with van der Waals surface area (Å²) >= 11 is 5.94. The normalized spacial score (nSPS) is 24.4. The summed E-state index contributed by atoms with van der Waals surface area (Å²) in [6.45, 7) is 3.80. The second-order valence-electron chi connectivity index (χ2n) is 8.20. The summed E-state index contributed by atoms with van der Waals surface area (Å²) in [4.78, 5) is 24.8. The maximum Gasteiger partial charge on any atom is 0.245 e. The zero-order valence-corrected chi connectivity index (χ0v) is 17.9. The third kappa shape index (κ3) is 4.51. The van der Waals surface area contributed by atoms with E-state index in [9.17, 15) is 13.6 Å². The zero-order valence-electron chi connectivity index (χ0n) is 17.2. The van der Waals surface area contributed by atoms with E-state index in [0.29, 0.717) is 31.7 Å². The summed E-state index contributed by atoms with van der Waals surface area (Å²) in [7, 11) is 0. The highest BCUT2D eigenvalue weighted by molar-refractivity contribution is 6.30. The Kier molecular flexibility index (Phi) is 6.13. The monoisotopic (exact) mass is 450 g/mol. The van der Waals surface area contributed by atoms with Gasteiger partial charge < -0.3 is 20.9 Å². The quantitative estimate of drug-likeness (QED) is 0.743. The number of likely N-dealkylation sites (tertiary alicyclic amines) is 1. The number of rotatable bonds is 4. The van der Waals surface area contributed by atoms with Crippen LogP contribution in [0.25, 0.3) is 0 Å². The van der Waals surface area contributed by atoms with Crippen LogP contribution in [-0.4, -0.2) is 52.5 Å². The highest BCUT2D eigenvalue weighted by atomic mass is 35.5. The average Bonchev–Trinajstić information content (AvgIpc) is 2.72. The van der Waals surface area contributed by atoms with Gasteiger partial charge in [0, 0.05) is 30.3 Å². The molecule has 0 unspecified atom stereocenters. The molecule has 31 heavy (non-hydrogen) atoms. The Bertz CT molecular complexity index is 957. The van der Waals surface area contributed by atoms with Gasteiger partial charge in [-0.25, -0.2) is 14.4 Å². The number of anilines is 3. The van der Waals surface area contributed by atoms with E-state index in [2.05, 4.69) is 22.2 Å². The predicted molar refractivity (Wildman–Crippen MR) is 116 cm³/mol. The molecule has 0 aliphatic carbocycles. The number of nitrogens with two attached hydrogens (primary N) is 1. The van der Waals surface area contributed by atoms with Crippen LogP contribution in [0.3, 0.4) is 0 Å². The van der Waals surface area contributed by atoms with Crippen LogP contribution in [0.15, 0.2) is 24.5 Å². The van der Waals surface area contributed by atoms with E-state index in [-0.39, 0.29) is 34.5 Å². The largest absolute Gasteiger partial charge is 0.381 e. The molecule has 2 fully saturated rings. The molecule has 1 aromatic carbocycles. The van der Waals surface area contributed by atoms with Crippen molar-refractivity contribution < 1.29 is 13.6 Å². The van der Waals surface area contributed by atoms with Gasteiger partial charge in [-0.15, -0.1) is 0 Å². The fourth-order valence-electron chi connectivity index (χ4n) is 4.44. The summed E-state index contributed by atoms with van der Waals surface area (Å²) in [5.41, 5.74) is 6.08. The summed E-state index contributed by atoms with van der Waals surface area (Å²) in [5, 5.41) is 3.40. The summed E-state index contributed by atoms with van der Waals surface area (Å²) in [6, 6.07) is 3.58. The minimum absolute atomic E-state index is 0.0481. The Hall–Kier alpha value is -2.68. The van der Waals surface area contributed by atoms with Gasteiger partial charge in [-0.2, -0.15) is 4.39 Å². The van der Waals surface area contributed by atoms with Crippen LogP contribution in [0.1, 0.15) is 26.2 Å². The molecule has 0 radical (unpaired) electrons. The van der Waals surface area contributed by atoms with E-state index in [1.807, 2.05) is 9.80 Å². The molecule has 2 aliphatic rings. The third-order valence-corrected chi connectivity index (χ3v) is 6.31. The minimum Gasteiger partial charge on any atom is -0.381 e. The van der Waals surface area contributed by atoms with Gasteiger partial charge in [-0.05, 0) is 43.4 Å². The Morgan fingerprint density at radius 1 is 1.19 bits per heavy atom. The number of nitrogen functional groups attached to an aromatic ring is 1. The fourth-order valence-corrected chi connectivity index (χ4v) is 4.66. The Morgan fingerprint density at radius 3 is 2.77 bits per heavy atom. The number of carbonyl (C=O) groups is 1. The maximum absolute atomic E-state index is 14.5. The van der Waals surface area contributed by atoms with Crippen molar-refractivity contribution in [3.05, 3.63) is 41.2 Å². The van der Waals surface area contributed by atoms with Gasteiger partial charge in [0.2, 0.25) is 11.7 Å². The average molecular weight is 451 g/mol. The lowest BCUT2D eigenvalue weighted by atomic mass is 9.89. The van der Waals surface area contributed by atoms with Crippen LogP contribution in [0, 0.1) is 17.6 Å². The van der Waals surface area contributed by atoms with Crippen LogP contribution in [-0.2, 0) is 4.79 Å². The third-order valence-electron chi connectivity index (χ3n) is 6.09. The number of carbonyl (C=O) groups excluding carboxylic acids is 1. The number of hydrogen-bond donors (Lipinski definition) is 2. The topological polar surface area (TPSA) is 87.4 Å². The lowest BCUT2D eigenvalue weighted by Crippen LogP contribution is -2.59. The molecule has 2 aliphatic heterocycles. The van der Waals surface area contributed by atoms with E-state index in [0.717, 1.165) is 12.8 Å². The molecular weight excluding hydrogens is 426 g/mol. The first-order valence-electron chi connectivity index (χ1n) is 10.4. The Labute approximate surface area is 184 Å². The molecule has 4 rings (SSSR count). The number of nitrogens with zero attached hydrogens (tertiary/aromatic N) is 4. The smallest absolute Gasteiger partial charge is 0.245 e. The van der Waals surface area contributed by atoms with Crippen LogP contribution < -0.4 is 16.0 Å². The van der Waals surface area contributed by atoms with Crippen LogP contribution in [0.5, 0.6) is 0 Å². The van der Waals surface area contributed by atoms with E-state index < -0.39 is 17.7 Å². The first-order chi connectivity index (χ1) is 14.8. The lowest BCUT2D eigenvalue weighted by molar-refractivity contribution is -0.138. The molecule has 0 bridgehead atoms. The molecule has 166 valence electrons. The molecule has 3 N–H and O–H groups in total. The van der Waals surface area contributed by atoms with E-state index in [1.165, 1.54) is 18.5 Å². The molecule has 0 spiro atoms. The molecule has 1 aromatic heterocycles. The number of amides is 1. The minimum atomic E-state index is -0.636. The van der Waals surface area contributed by atoms with E-state index >= 15 is 0 Å². The summed E-state index contributed by atoms with van der Waals surface area (Å²) < 4.78 is 28.2. The van der Waals surface area contributed by atoms with Gasteiger partial charge in [0.15, 0.2) is 11.6 Å². The van der Waals surface area contributed by atoms with Gasteiger partial charge in [-0.1, -0.05) is 18.5 Å². The second-order valence-corrected chi connectivity index (χ2v) is 8.64. The molecule has 2 aromatic rings. The van der Waals surface area contributed by atoms with Gasteiger partial charge in [0.05, 0.1) is 6.04 Å². The Morgan fingerprint density at radius 2 is 2.00 bits per heavy atom. The highest BCUT2D eigenvalue weighted by Crippen LogP contribution is 2.30. The molecule has 2 saturated heterocycles. The molecule has 7 nitrogen and oxygen atoms in total. The van der Waals surface area contributed by atoms with Crippen molar-refractivity contribution in [3.8, 4) is 0 Å². The molecule has 10 heteroatoms. The van der Waals surface area contributed by atoms with Crippen molar-refractivity contribution in [1.29, 1.82) is 0 Å². The van der Waals surface area contributed by atoms with Crippen molar-refractivity contribution in [2.45, 2.75) is 38.3 Å². The standard InChI is InChI=1S/C21H25ClF2N6O/c1-12-4-6-29(20-18(24)19(25)26-11-27-20)10-17(12)30-5-2-3-16(21(30)31)28-15-8-13(22)7-14(23)9-15/h7-9,11-12,16-17,28H,2-6,10H2,1H3,(H2,25,26,27)/t12-,16-,17-/m0/s1. The molecule has 3 heterocycles. The lowest BCUT2D eigenvalue weighted by Gasteiger charge is -2.46. The fraction of sp³-hybridized carbons (Fsp3) is 0.476. The van der Waals surface area contributed by atoms with E-state index in [4.69, 9.17) is 17.3 Å².